The zero-order valence-corrected chi connectivity index (χ0v) is 25.4. The van der Waals surface area contributed by atoms with Gasteiger partial charge in [-0.25, -0.2) is 0 Å². The van der Waals surface area contributed by atoms with Gasteiger partial charge in [-0.1, -0.05) is 86.6 Å². The normalized spacial score (nSPS) is 20.4. The first-order valence-corrected chi connectivity index (χ1v) is 16.2. The quantitative estimate of drug-likeness (QED) is 0.121. The van der Waals surface area contributed by atoms with Gasteiger partial charge in [0.25, 0.3) is 10.1 Å². The second-order valence-corrected chi connectivity index (χ2v) is 13.6. The summed E-state index contributed by atoms with van der Waals surface area (Å²) in [5.74, 6) is -1.97. The van der Waals surface area contributed by atoms with E-state index in [0.717, 1.165) is 33.0 Å². The molecule has 222 valence electrons. The first-order chi connectivity index (χ1) is 21.0. The molecule has 0 fully saturated rings. The van der Waals surface area contributed by atoms with Gasteiger partial charge in [0.2, 0.25) is 0 Å². The molecule has 0 aromatic heterocycles. The van der Waals surface area contributed by atoms with Crippen molar-refractivity contribution in [3.63, 3.8) is 0 Å². The molecule has 7 heteroatoms. The summed E-state index contributed by atoms with van der Waals surface area (Å²) in [6.45, 7) is 5.29. The fourth-order valence-electron chi connectivity index (χ4n) is 7.49. The van der Waals surface area contributed by atoms with Crippen LogP contribution in [0.15, 0.2) is 102 Å². The highest BCUT2D eigenvalue weighted by atomic mass is 32.2. The summed E-state index contributed by atoms with van der Waals surface area (Å²) in [6.07, 6.45) is 0. The lowest BCUT2D eigenvalue weighted by Gasteiger charge is -2.50. The summed E-state index contributed by atoms with van der Waals surface area (Å²) in [5.41, 5.74) is 5.87. The maximum absolute atomic E-state index is 14.6. The van der Waals surface area contributed by atoms with Gasteiger partial charge < -0.3 is 9.84 Å². The summed E-state index contributed by atoms with van der Waals surface area (Å²) in [4.78, 5) is 14.4. The summed E-state index contributed by atoms with van der Waals surface area (Å²) in [5, 5.41) is 13.4. The van der Waals surface area contributed by atoms with E-state index in [1.807, 2.05) is 68.4 Å². The molecule has 44 heavy (non-hydrogen) atoms. The van der Waals surface area contributed by atoms with Crippen molar-refractivity contribution in [2.24, 2.45) is 5.92 Å². The Balaban J connectivity index is 1.42. The van der Waals surface area contributed by atoms with Crippen molar-refractivity contribution in [2.45, 2.75) is 49.3 Å². The third-order valence-electron chi connectivity index (χ3n) is 9.38. The maximum Gasteiger partial charge on any atom is 0.315 e. The molecule has 3 aliphatic carbocycles. The van der Waals surface area contributed by atoms with Crippen LogP contribution in [0.3, 0.4) is 0 Å². The zero-order valence-electron chi connectivity index (χ0n) is 24.6. The fraction of sp³-hybridized carbons (Fsp3) is 0.216. The Bertz CT molecular complexity index is 2030. The highest BCUT2D eigenvalue weighted by molar-refractivity contribution is 7.85. The molecular formula is C37H32O6S. The van der Waals surface area contributed by atoms with Gasteiger partial charge in [0.15, 0.2) is 0 Å². The molecule has 2 N–H and O–H groups in total. The van der Waals surface area contributed by atoms with Crippen LogP contribution < -0.4 is 4.74 Å². The minimum atomic E-state index is -4.48. The molecule has 5 aromatic carbocycles. The van der Waals surface area contributed by atoms with Crippen LogP contribution in [0.1, 0.15) is 76.5 Å². The monoisotopic (exact) mass is 604 g/mol. The zero-order chi connectivity index (χ0) is 30.9. The smallest absolute Gasteiger partial charge is 0.315 e. The van der Waals surface area contributed by atoms with Gasteiger partial charge in [-0.15, -0.1) is 0 Å². The van der Waals surface area contributed by atoms with E-state index in [-0.39, 0.29) is 34.1 Å². The number of phenolic OH excluding ortho intramolecular Hbond substituents is 1. The molecular weight excluding hydrogens is 572 g/mol. The summed E-state index contributed by atoms with van der Waals surface area (Å²) >= 11 is 0. The fourth-order valence-corrected chi connectivity index (χ4v) is 8.40. The average Bonchev–Trinajstić information content (AvgIpc) is 3.00. The SMILES string of the molecule is Cc1cc(S(=O)(=O)O)c(C(C)C)cc1OC(=O)C1C2c3ccccc3C(c3ccccc32)C1c1cc2ccccc2cc1O. The lowest BCUT2D eigenvalue weighted by atomic mass is 9.52. The van der Waals surface area contributed by atoms with E-state index in [9.17, 15) is 22.9 Å². The lowest BCUT2D eigenvalue weighted by molar-refractivity contribution is -0.141. The van der Waals surface area contributed by atoms with E-state index >= 15 is 0 Å². The minimum absolute atomic E-state index is 0.129. The van der Waals surface area contributed by atoms with Gasteiger partial charge >= 0.3 is 5.97 Å². The van der Waals surface area contributed by atoms with Gasteiger partial charge in [0.05, 0.1) is 10.8 Å². The van der Waals surface area contributed by atoms with Crippen LogP contribution in [-0.2, 0) is 14.9 Å². The highest BCUT2D eigenvalue weighted by Gasteiger charge is 2.54. The van der Waals surface area contributed by atoms with Crippen molar-refractivity contribution in [3.05, 3.63) is 136 Å². The number of ether oxygens (including phenoxy) is 1. The Morgan fingerprint density at radius 1 is 0.750 bits per heavy atom. The van der Waals surface area contributed by atoms with Gasteiger partial charge in [0.1, 0.15) is 11.5 Å². The number of fused-ring (bicyclic) bond motifs is 2. The van der Waals surface area contributed by atoms with Crippen molar-refractivity contribution in [3.8, 4) is 11.5 Å². The van der Waals surface area contributed by atoms with E-state index in [4.69, 9.17) is 4.74 Å². The van der Waals surface area contributed by atoms with Crippen LogP contribution in [0.2, 0.25) is 0 Å². The van der Waals surface area contributed by atoms with Crippen molar-refractivity contribution in [1.82, 2.24) is 0 Å². The predicted octanol–water partition coefficient (Wildman–Crippen LogP) is 7.82. The maximum atomic E-state index is 14.6. The van der Waals surface area contributed by atoms with Crippen LogP contribution in [0.25, 0.3) is 10.8 Å². The Kier molecular flexibility index (Phi) is 6.64. The van der Waals surface area contributed by atoms with E-state index in [0.29, 0.717) is 16.7 Å². The highest BCUT2D eigenvalue weighted by Crippen LogP contribution is 2.63. The van der Waals surface area contributed by atoms with Crippen LogP contribution in [0.5, 0.6) is 11.5 Å². The summed E-state index contributed by atoms with van der Waals surface area (Å²) in [7, 11) is -4.48. The van der Waals surface area contributed by atoms with Crippen LogP contribution in [0, 0.1) is 12.8 Å². The van der Waals surface area contributed by atoms with Crippen LogP contribution >= 0.6 is 0 Å². The second-order valence-electron chi connectivity index (χ2n) is 12.2. The summed E-state index contributed by atoms with van der Waals surface area (Å²) < 4.78 is 40.4. The number of carbonyl (C=O) groups excluding carboxylic acids is 1. The van der Waals surface area contributed by atoms with Crippen molar-refractivity contribution in [2.75, 3.05) is 0 Å². The number of aryl methyl sites for hydroxylation is 1. The van der Waals surface area contributed by atoms with E-state index < -0.39 is 27.9 Å². The van der Waals surface area contributed by atoms with E-state index in [1.165, 1.54) is 6.07 Å². The molecule has 8 rings (SSSR count). The number of benzene rings is 5. The number of aromatic hydroxyl groups is 1. The van der Waals surface area contributed by atoms with Crippen molar-refractivity contribution in [1.29, 1.82) is 0 Å². The molecule has 2 atom stereocenters. The standard InChI is InChI=1S/C37H32O6S/c1-20(2)28-19-31(21(3)16-32(28)44(40,41)42)43-37(39)36-34-26-14-8-6-12-24(26)33(25-13-7-9-15-27(25)34)35(36)29-17-22-10-4-5-11-23(22)18-30(29)38/h4-20,33-36,38H,1-3H3,(H,40,41,42). The first kappa shape index (κ1) is 28.3. The average molecular weight is 605 g/mol. The van der Waals surface area contributed by atoms with E-state index in [1.54, 1.807) is 19.1 Å². The van der Waals surface area contributed by atoms with Crippen LogP contribution in [-0.4, -0.2) is 24.0 Å². The molecule has 0 radical (unpaired) electrons. The minimum Gasteiger partial charge on any atom is -0.508 e. The number of rotatable bonds is 5. The molecule has 6 nitrogen and oxygen atoms in total. The second kappa shape index (κ2) is 10.3. The molecule has 0 spiro atoms. The Morgan fingerprint density at radius 3 is 1.82 bits per heavy atom. The number of esters is 1. The first-order valence-electron chi connectivity index (χ1n) is 14.8. The molecule has 2 bridgehead atoms. The number of phenols is 1. The molecule has 2 unspecified atom stereocenters. The van der Waals surface area contributed by atoms with Gasteiger partial charge in [-0.05, 0) is 86.8 Å². The topological polar surface area (TPSA) is 101 Å². The largest absolute Gasteiger partial charge is 0.508 e. The Hall–Kier alpha value is -4.46. The van der Waals surface area contributed by atoms with Gasteiger partial charge in [0, 0.05) is 17.8 Å². The third kappa shape index (κ3) is 4.42. The number of carbonyl (C=O) groups is 1. The van der Waals surface area contributed by atoms with Gasteiger partial charge in [-0.2, -0.15) is 8.42 Å². The molecule has 0 aliphatic heterocycles. The molecule has 5 aromatic rings. The van der Waals surface area contributed by atoms with Gasteiger partial charge in [-0.3, -0.25) is 9.35 Å². The van der Waals surface area contributed by atoms with Crippen molar-refractivity contribution >= 4 is 26.9 Å². The predicted molar refractivity (Wildman–Crippen MR) is 169 cm³/mol. The lowest BCUT2D eigenvalue weighted by Crippen LogP contribution is -2.44. The number of hydrogen-bond acceptors (Lipinski definition) is 5. The Labute approximate surface area is 256 Å². The molecule has 0 saturated heterocycles. The Morgan fingerprint density at radius 2 is 1.27 bits per heavy atom. The molecule has 3 aliphatic rings. The van der Waals surface area contributed by atoms with E-state index in [2.05, 4.69) is 24.3 Å². The summed E-state index contributed by atoms with van der Waals surface area (Å²) in [6, 6.07) is 30.9. The molecule has 0 saturated carbocycles. The third-order valence-corrected chi connectivity index (χ3v) is 10.3. The van der Waals surface area contributed by atoms with Crippen LogP contribution in [0.4, 0.5) is 0 Å². The number of hydrogen-bond donors (Lipinski definition) is 2. The molecule has 0 amide bonds. The van der Waals surface area contributed by atoms with Crippen molar-refractivity contribution < 1.29 is 27.6 Å². The molecule has 0 heterocycles.